The summed E-state index contributed by atoms with van der Waals surface area (Å²) in [6, 6.07) is 8.19. The second-order valence-corrected chi connectivity index (χ2v) is 12.4. The Hall–Kier alpha value is -4.26. The summed E-state index contributed by atoms with van der Waals surface area (Å²) in [5, 5.41) is 15.7. The van der Waals surface area contributed by atoms with Crippen LogP contribution >= 0.6 is 11.3 Å². The number of halogens is 2. The van der Waals surface area contributed by atoms with Crippen LogP contribution in [0.2, 0.25) is 0 Å². The Labute approximate surface area is 260 Å². The number of alkyl halides is 2. The van der Waals surface area contributed by atoms with Crippen molar-refractivity contribution in [3.8, 4) is 23.3 Å². The van der Waals surface area contributed by atoms with Gasteiger partial charge in [0.25, 0.3) is 11.8 Å². The molecule has 6 aliphatic rings. The standard InChI is InChI=1S/C28H23F2N5O7S.C2H6/c1-38-18-3-2-16-22(43-25(33-16)35-13-4-14(35)8-39-7-13)21(18)24(37)32-17-6-20-19(41-28(29,30)42-20)5-15(17)23(36)34-26-9-27(10-26,11-31)40-12-26;1-2/h2-3,5-6,13-14H,4,7-10,12H2,1H3,(H,32,37)(H,34,36);1-2H3. The minimum absolute atomic E-state index is 0.0815. The number of thiazole rings is 1. The number of fused-ring (bicyclic) bond motifs is 5. The van der Waals surface area contributed by atoms with Crippen molar-refractivity contribution in [1.82, 2.24) is 10.3 Å². The number of aromatic nitrogens is 1. The molecule has 1 aromatic heterocycles. The van der Waals surface area contributed by atoms with E-state index < -0.39 is 29.2 Å². The normalized spacial score (nSPS) is 27.8. The first-order valence-corrected chi connectivity index (χ1v) is 15.4. The number of hydrogen-bond acceptors (Lipinski definition) is 11. The number of rotatable bonds is 6. The molecule has 5 aliphatic heterocycles. The molecule has 45 heavy (non-hydrogen) atoms. The zero-order valence-corrected chi connectivity index (χ0v) is 25.4. The third-order valence-electron chi connectivity index (χ3n) is 8.62. The van der Waals surface area contributed by atoms with Crippen molar-refractivity contribution in [2.45, 2.75) is 62.6 Å². The van der Waals surface area contributed by atoms with Crippen LogP contribution in [0.4, 0.5) is 19.6 Å². The molecule has 2 unspecified atom stereocenters. The molecule has 236 valence electrons. The van der Waals surface area contributed by atoms with E-state index >= 15 is 0 Å². The molecular weight excluding hydrogens is 612 g/mol. The lowest BCUT2D eigenvalue weighted by Crippen LogP contribution is -2.64. The molecule has 12 nitrogen and oxygen atoms in total. The number of benzene rings is 2. The second kappa shape index (κ2) is 10.4. The fraction of sp³-hybridized carbons (Fsp3) is 0.467. The largest absolute Gasteiger partial charge is 0.586 e. The summed E-state index contributed by atoms with van der Waals surface area (Å²) in [4.78, 5) is 34.4. The average molecular weight is 642 g/mol. The molecule has 15 heteroatoms. The van der Waals surface area contributed by atoms with Gasteiger partial charge < -0.3 is 39.2 Å². The first-order chi connectivity index (χ1) is 21.6. The highest BCUT2D eigenvalue weighted by Crippen LogP contribution is 2.52. The van der Waals surface area contributed by atoms with Gasteiger partial charge in [0.15, 0.2) is 22.2 Å². The number of morpholine rings is 1. The van der Waals surface area contributed by atoms with Gasteiger partial charge in [0.2, 0.25) is 0 Å². The van der Waals surface area contributed by atoms with Crippen LogP contribution in [0, 0.1) is 11.3 Å². The van der Waals surface area contributed by atoms with E-state index in [4.69, 9.17) is 19.2 Å². The number of nitrogens with one attached hydrogen (secondary N) is 2. The number of hydrogen-bond donors (Lipinski definition) is 2. The highest BCUT2D eigenvalue weighted by atomic mass is 32.1. The molecule has 1 aliphatic carbocycles. The number of nitriles is 1. The van der Waals surface area contributed by atoms with Gasteiger partial charge in [-0.1, -0.05) is 25.2 Å². The van der Waals surface area contributed by atoms with Crippen molar-refractivity contribution >= 4 is 44.2 Å². The molecule has 2 aromatic carbocycles. The number of nitrogens with zero attached hydrogens (tertiary/aromatic N) is 3. The molecule has 4 bridgehead atoms. The molecule has 0 spiro atoms. The van der Waals surface area contributed by atoms with E-state index in [0.29, 0.717) is 36.3 Å². The number of methoxy groups -OCH3 is 1. The molecule has 2 amide bonds. The third-order valence-corrected chi connectivity index (χ3v) is 9.72. The van der Waals surface area contributed by atoms with E-state index in [0.717, 1.165) is 23.7 Å². The van der Waals surface area contributed by atoms with Crippen molar-refractivity contribution in [2.75, 3.05) is 37.1 Å². The predicted molar refractivity (Wildman–Crippen MR) is 157 cm³/mol. The maximum Gasteiger partial charge on any atom is 0.586 e. The molecule has 0 radical (unpaired) electrons. The average Bonchev–Trinajstić information content (AvgIpc) is 3.76. The summed E-state index contributed by atoms with van der Waals surface area (Å²) in [5.41, 5.74) is -1.16. The van der Waals surface area contributed by atoms with Crippen LogP contribution in [-0.2, 0) is 9.47 Å². The Morgan fingerprint density at radius 3 is 2.49 bits per heavy atom. The minimum atomic E-state index is -3.94. The molecule has 4 saturated heterocycles. The fourth-order valence-electron chi connectivity index (χ4n) is 6.65. The molecule has 3 aromatic rings. The van der Waals surface area contributed by atoms with Crippen LogP contribution in [-0.4, -0.2) is 73.2 Å². The van der Waals surface area contributed by atoms with Crippen LogP contribution in [0.25, 0.3) is 10.2 Å². The minimum Gasteiger partial charge on any atom is -0.496 e. The summed E-state index contributed by atoms with van der Waals surface area (Å²) >= 11 is 1.35. The molecule has 2 atom stereocenters. The van der Waals surface area contributed by atoms with Crippen molar-refractivity contribution in [3.63, 3.8) is 0 Å². The third kappa shape index (κ3) is 4.70. The summed E-state index contributed by atoms with van der Waals surface area (Å²) in [6.07, 6.45) is -2.33. The Kier molecular flexibility index (Phi) is 6.80. The topological polar surface area (TPSA) is 144 Å². The van der Waals surface area contributed by atoms with E-state index in [2.05, 4.69) is 31.1 Å². The molecule has 5 fully saturated rings. The number of anilines is 2. The Morgan fingerprint density at radius 2 is 1.84 bits per heavy atom. The predicted octanol–water partition coefficient (Wildman–Crippen LogP) is 4.44. The maximum absolute atomic E-state index is 14.0. The quantitative estimate of drug-likeness (QED) is 0.397. The van der Waals surface area contributed by atoms with Crippen LogP contribution in [0.5, 0.6) is 17.2 Å². The van der Waals surface area contributed by atoms with Crippen molar-refractivity contribution in [3.05, 3.63) is 35.4 Å². The Balaban J connectivity index is 0.00000160. The molecule has 6 heterocycles. The highest BCUT2D eigenvalue weighted by molar-refractivity contribution is 7.22. The van der Waals surface area contributed by atoms with Gasteiger partial charge >= 0.3 is 6.29 Å². The second-order valence-electron chi connectivity index (χ2n) is 11.4. The van der Waals surface area contributed by atoms with Crippen molar-refractivity contribution in [2.24, 2.45) is 0 Å². The molecule has 9 rings (SSSR count). The molecule has 1 saturated carbocycles. The van der Waals surface area contributed by atoms with E-state index in [-0.39, 0.29) is 52.8 Å². The molecule has 2 N–H and O–H groups in total. The number of ether oxygens (including phenoxy) is 5. The summed E-state index contributed by atoms with van der Waals surface area (Å²) in [5.74, 6) is -1.73. The smallest absolute Gasteiger partial charge is 0.496 e. The van der Waals surface area contributed by atoms with Gasteiger partial charge in [-0.25, -0.2) is 4.98 Å². The molecular formula is C30H29F2N5O7S. The van der Waals surface area contributed by atoms with Gasteiger partial charge in [-0.3, -0.25) is 9.59 Å². The van der Waals surface area contributed by atoms with E-state index in [9.17, 15) is 23.6 Å². The lowest BCUT2D eigenvalue weighted by molar-refractivity contribution is -0.286. The van der Waals surface area contributed by atoms with E-state index in [1.54, 1.807) is 12.1 Å². The van der Waals surface area contributed by atoms with Gasteiger partial charge in [0, 0.05) is 18.9 Å². The van der Waals surface area contributed by atoms with Gasteiger partial charge in [0.05, 0.1) is 72.1 Å². The SMILES string of the molecule is CC.COc1ccc2nc(N3C4COCC3C4)sc2c1C(=O)Nc1cc2c(cc1C(=O)NC13COC(C#N)(C1)C3)OC(F)(F)O2. The Morgan fingerprint density at radius 1 is 1.13 bits per heavy atom. The lowest BCUT2D eigenvalue weighted by Gasteiger charge is -2.52. The highest BCUT2D eigenvalue weighted by Gasteiger charge is 2.64. The fourth-order valence-corrected chi connectivity index (χ4v) is 7.89. The Bertz CT molecular complexity index is 1760. The van der Waals surface area contributed by atoms with Gasteiger partial charge in [-0.15, -0.1) is 8.78 Å². The van der Waals surface area contributed by atoms with Crippen LogP contribution in [0.1, 0.15) is 53.8 Å². The van der Waals surface area contributed by atoms with Crippen LogP contribution in [0.15, 0.2) is 24.3 Å². The van der Waals surface area contributed by atoms with Crippen LogP contribution < -0.4 is 29.7 Å². The van der Waals surface area contributed by atoms with Gasteiger partial charge in [0.1, 0.15) is 11.3 Å². The summed E-state index contributed by atoms with van der Waals surface area (Å²) < 4.78 is 54.3. The van der Waals surface area contributed by atoms with Crippen molar-refractivity contribution < 1.29 is 42.1 Å². The van der Waals surface area contributed by atoms with E-state index in [1.807, 2.05) is 13.8 Å². The van der Waals surface area contributed by atoms with Crippen molar-refractivity contribution in [1.29, 1.82) is 5.26 Å². The zero-order valence-electron chi connectivity index (χ0n) is 24.6. The van der Waals surface area contributed by atoms with Crippen LogP contribution in [0.3, 0.4) is 0 Å². The zero-order chi connectivity index (χ0) is 31.7. The monoisotopic (exact) mass is 641 g/mol. The lowest BCUT2D eigenvalue weighted by atomic mass is 9.69. The van der Waals surface area contributed by atoms with Gasteiger partial charge in [-0.2, -0.15) is 5.26 Å². The van der Waals surface area contributed by atoms with E-state index in [1.165, 1.54) is 18.4 Å². The number of carbonyl (C=O) groups excluding carboxylic acids is 2. The summed E-state index contributed by atoms with van der Waals surface area (Å²) in [6.45, 7) is 5.36. The first kappa shape index (κ1) is 29.5. The van der Waals surface area contributed by atoms with Gasteiger partial charge in [-0.05, 0) is 24.6 Å². The summed E-state index contributed by atoms with van der Waals surface area (Å²) in [7, 11) is 1.43. The first-order valence-electron chi connectivity index (χ1n) is 14.6. The number of carbonyl (C=O) groups is 2. The number of amides is 2. The maximum atomic E-state index is 14.0.